The van der Waals surface area contributed by atoms with Gasteiger partial charge in [-0.25, -0.2) is 9.18 Å². The van der Waals surface area contributed by atoms with Crippen molar-refractivity contribution in [3.8, 4) is 0 Å². The molecule has 0 aromatic heterocycles. The number of alkyl halides is 1. The van der Waals surface area contributed by atoms with E-state index in [1.807, 2.05) is 0 Å². The summed E-state index contributed by atoms with van der Waals surface area (Å²) in [6.07, 6.45) is 0. The molecule has 64 valence electrons. The molecule has 11 heavy (non-hydrogen) atoms. The molecule has 2 nitrogen and oxygen atoms in total. The summed E-state index contributed by atoms with van der Waals surface area (Å²) in [4.78, 5) is 10.5. The van der Waals surface area contributed by atoms with Gasteiger partial charge < -0.3 is 4.74 Å². The van der Waals surface area contributed by atoms with Gasteiger partial charge in [0.2, 0.25) is 5.83 Å². The summed E-state index contributed by atoms with van der Waals surface area (Å²) in [6.45, 7) is 1.87. The van der Waals surface area contributed by atoms with Gasteiger partial charge in [0.05, 0.1) is 6.61 Å². The monoisotopic (exact) mass is 164 g/mol. The van der Waals surface area contributed by atoms with Gasteiger partial charge in [0, 0.05) is 5.57 Å². The van der Waals surface area contributed by atoms with Gasteiger partial charge >= 0.3 is 5.97 Å². The Kier molecular flexibility index (Phi) is 4.41. The molecule has 0 saturated carbocycles. The van der Waals surface area contributed by atoms with Crippen LogP contribution < -0.4 is 0 Å². The number of allylic oxidation sites excluding steroid dienone is 1. The zero-order valence-electron chi connectivity index (χ0n) is 6.49. The number of carbonyl (C=O) groups excluding carboxylic acids is 1. The van der Waals surface area contributed by atoms with E-state index < -0.39 is 18.5 Å². The molecule has 0 aliphatic heterocycles. The molecule has 4 heteroatoms. The van der Waals surface area contributed by atoms with Crippen molar-refractivity contribution in [3.05, 3.63) is 11.4 Å². The number of carbonyl (C=O) groups is 1. The standard InChI is InChI=1S/C7H10F2O2/c1-3-11-7(10)6(9)5(2)4-8/h3-4H2,1-2H3/b6-5+. The first-order chi connectivity index (χ1) is 5.13. The molecule has 0 aromatic rings. The van der Waals surface area contributed by atoms with Crippen molar-refractivity contribution in [3.63, 3.8) is 0 Å². The lowest BCUT2D eigenvalue weighted by molar-refractivity contribution is -0.140. The molecule has 0 aliphatic rings. The average Bonchev–Trinajstić information content (AvgIpc) is 2.02. The van der Waals surface area contributed by atoms with E-state index >= 15 is 0 Å². The van der Waals surface area contributed by atoms with E-state index in [0.717, 1.165) is 0 Å². The number of hydrogen-bond donors (Lipinski definition) is 0. The Labute approximate surface area is 63.8 Å². The lowest BCUT2D eigenvalue weighted by atomic mass is 10.3. The van der Waals surface area contributed by atoms with Crippen molar-refractivity contribution in [2.24, 2.45) is 0 Å². The molecular formula is C7H10F2O2. The van der Waals surface area contributed by atoms with Crippen LogP contribution >= 0.6 is 0 Å². The van der Waals surface area contributed by atoms with Gasteiger partial charge in [-0.1, -0.05) is 0 Å². The van der Waals surface area contributed by atoms with E-state index in [4.69, 9.17) is 0 Å². The Morgan fingerprint density at radius 1 is 1.55 bits per heavy atom. The summed E-state index contributed by atoms with van der Waals surface area (Å²) in [5, 5.41) is 0. The predicted molar refractivity (Wildman–Crippen MR) is 36.4 cm³/mol. The maximum Gasteiger partial charge on any atom is 0.367 e. The Balaban J connectivity index is 4.22. The van der Waals surface area contributed by atoms with Crippen LogP contribution in [0.5, 0.6) is 0 Å². The van der Waals surface area contributed by atoms with Crippen molar-refractivity contribution in [2.45, 2.75) is 13.8 Å². The third kappa shape index (κ3) is 3.11. The first kappa shape index (κ1) is 10.1. The fourth-order valence-electron chi connectivity index (χ4n) is 0.427. The Bertz CT molecular complexity index is 175. The zero-order valence-corrected chi connectivity index (χ0v) is 6.49. The van der Waals surface area contributed by atoms with Crippen molar-refractivity contribution in [1.82, 2.24) is 0 Å². The lowest BCUT2D eigenvalue weighted by Gasteiger charge is -1.99. The van der Waals surface area contributed by atoms with Crippen LogP contribution in [0.3, 0.4) is 0 Å². The van der Waals surface area contributed by atoms with Crippen molar-refractivity contribution in [2.75, 3.05) is 13.3 Å². The number of hydrogen-bond acceptors (Lipinski definition) is 2. The second kappa shape index (κ2) is 4.82. The van der Waals surface area contributed by atoms with E-state index in [1.54, 1.807) is 6.92 Å². The van der Waals surface area contributed by atoms with Gasteiger partial charge in [0.15, 0.2) is 0 Å². The molecule has 0 radical (unpaired) electrons. The molecule has 0 unspecified atom stereocenters. The van der Waals surface area contributed by atoms with Crippen molar-refractivity contribution >= 4 is 5.97 Å². The van der Waals surface area contributed by atoms with Crippen LogP contribution in [0.1, 0.15) is 13.8 Å². The van der Waals surface area contributed by atoms with Crippen LogP contribution in [0.15, 0.2) is 11.4 Å². The molecule has 0 heterocycles. The molecule has 0 amide bonds. The summed E-state index contributed by atoms with van der Waals surface area (Å²) in [5.74, 6) is -2.23. The number of ether oxygens (including phenoxy) is 1. The highest BCUT2D eigenvalue weighted by atomic mass is 19.1. The largest absolute Gasteiger partial charge is 0.461 e. The van der Waals surface area contributed by atoms with Crippen LogP contribution in [0.25, 0.3) is 0 Å². The maximum absolute atomic E-state index is 12.5. The van der Waals surface area contributed by atoms with E-state index in [1.165, 1.54) is 6.92 Å². The van der Waals surface area contributed by atoms with Gasteiger partial charge in [-0.05, 0) is 13.8 Å². The van der Waals surface area contributed by atoms with E-state index in [2.05, 4.69) is 4.74 Å². The van der Waals surface area contributed by atoms with Crippen molar-refractivity contribution < 1.29 is 18.3 Å². The van der Waals surface area contributed by atoms with Crippen LogP contribution in [-0.4, -0.2) is 19.3 Å². The first-order valence-corrected chi connectivity index (χ1v) is 3.21. The molecule has 0 aromatic carbocycles. The molecule has 0 rings (SSSR count). The van der Waals surface area contributed by atoms with Crippen LogP contribution in [0, 0.1) is 0 Å². The van der Waals surface area contributed by atoms with Crippen LogP contribution in [0.2, 0.25) is 0 Å². The summed E-state index contributed by atoms with van der Waals surface area (Å²) in [7, 11) is 0. The van der Waals surface area contributed by atoms with E-state index in [0.29, 0.717) is 0 Å². The third-order valence-corrected chi connectivity index (χ3v) is 1.03. The van der Waals surface area contributed by atoms with Gasteiger partial charge in [-0.2, -0.15) is 4.39 Å². The smallest absolute Gasteiger partial charge is 0.367 e. The molecule has 0 fully saturated rings. The summed E-state index contributed by atoms with van der Waals surface area (Å²) in [6, 6.07) is 0. The fourth-order valence-corrected chi connectivity index (χ4v) is 0.427. The van der Waals surface area contributed by atoms with Crippen molar-refractivity contribution in [1.29, 1.82) is 0 Å². The molecule has 0 spiro atoms. The van der Waals surface area contributed by atoms with E-state index in [-0.39, 0.29) is 12.2 Å². The zero-order chi connectivity index (χ0) is 8.85. The molecule has 0 bridgehead atoms. The first-order valence-electron chi connectivity index (χ1n) is 3.21. The molecule has 0 N–H and O–H groups in total. The second-order valence-electron chi connectivity index (χ2n) is 1.95. The summed E-state index contributed by atoms with van der Waals surface area (Å²) >= 11 is 0. The van der Waals surface area contributed by atoms with Gasteiger partial charge in [-0.3, -0.25) is 0 Å². The number of rotatable bonds is 3. The second-order valence-corrected chi connectivity index (χ2v) is 1.95. The minimum Gasteiger partial charge on any atom is -0.461 e. The highest BCUT2D eigenvalue weighted by molar-refractivity contribution is 5.86. The number of esters is 1. The summed E-state index contributed by atoms with van der Waals surface area (Å²) in [5.41, 5.74) is -0.233. The predicted octanol–water partition coefficient (Wildman–Crippen LogP) is 1.76. The SMILES string of the molecule is CCOC(=O)/C(F)=C(/C)CF. The minimum absolute atomic E-state index is 0.0891. The van der Waals surface area contributed by atoms with Gasteiger partial charge in [0.1, 0.15) is 6.67 Å². The maximum atomic E-state index is 12.5. The highest BCUT2D eigenvalue weighted by Gasteiger charge is 2.12. The van der Waals surface area contributed by atoms with Crippen LogP contribution in [0.4, 0.5) is 8.78 Å². The van der Waals surface area contributed by atoms with Crippen LogP contribution in [-0.2, 0) is 9.53 Å². The normalized spacial score (nSPS) is 12.4. The average molecular weight is 164 g/mol. The van der Waals surface area contributed by atoms with Gasteiger partial charge in [0.25, 0.3) is 0 Å². The third-order valence-electron chi connectivity index (χ3n) is 1.03. The quantitative estimate of drug-likeness (QED) is 0.469. The molecule has 0 aliphatic carbocycles. The van der Waals surface area contributed by atoms with E-state index in [9.17, 15) is 13.6 Å². The Morgan fingerprint density at radius 3 is 2.45 bits per heavy atom. The highest BCUT2D eigenvalue weighted by Crippen LogP contribution is 2.07. The fraction of sp³-hybridized carbons (Fsp3) is 0.571. The number of halogens is 2. The molecular weight excluding hydrogens is 154 g/mol. The molecule has 0 saturated heterocycles. The molecule has 0 atom stereocenters. The lowest BCUT2D eigenvalue weighted by Crippen LogP contribution is -2.06. The Hall–Kier alpha value is -0.930. The minimum atomic E-state index is -1.13. The summed E-state index contributed by atoms with van der Waals surface area (Å²) < 4.78 is 28.6. The topological polar surface area (TPSA) is 26.3 Å². The van der Waals surface area contributed by atoms with Gasteiger partial charge in [-0.15, -0.1) is 0 Å². The Morgan fingerprint density at radius 2 is 2.09 bits per heavy atom.